The number of nitrogens with one attached hydrogen (secondary N) is 1. The third-order valence-corrected chi connectivity index (χ3v) is 4.68. The molecule has 0 aliphatic heterocycles. The summed E-state index contributed by atoms with van der Waals surface area (Å²) in [6, 6.07) is 10.2. The summed E-state index contributed by atoms with van der Waals surface area (Å²) in [6.45, 7) is 6.38. The molecule has 7 heteroatoms. The van der Waals surface area contributed by atoms with E-state index in [-0.39, 0.29) is 24.0 Å². The van der Waals surface area contributed by atoms with E-state index in [0.717, 1.165) is 52.9 Å². The fourth-order valence-electron chi connectivity index (χ4n) is 2.70. The molecule has 0 radical (unpaired) electrons. The van der Waals surface area contributed by atoms with Crippen LogP contribution in [0.1, 0.15) is 23.4 Å². The van der Waals surface area contributed by atoms with Crippen LogP contribution >= 0.6 is 35.3 Å². The number of hydrogen-bond donors (Lipinski definition) is 1. The lowest BCUT2D eigenvalue weighted by molar-refractivity contribution is 0.470. The maximum Gasteiger partial charge on any atom is 0.194 e. The van der Waals surface area contributed by atoms with E-state index in [2.05, 4.69) is 39.6 Å². The fourth-order valence-corrected chi connectivity index (χ4v) is 3.30. The predicted octanol–water partition coefficient (Wildman–Crippen LogP) is 4.46. The third-order valence-electron chi connectivity index (χ3n) is 3.86. The van der Waals surface area contributed by atoms with Crippen LogP contribution in [0.25, 0.3) is 11.0 Å². The first-order valence-corrected chi connectivity index (χ1v) is 9.41. The van der Waals surface area contributed by atoms with Crippen LogP contribution in [0.5, 0.6) is 0 Å². The summed E-state index contributed by atoms with van der Waals surface area (Å²) in [5.74, 6) is 1.86. The second kappa shape index (κ2) is 9.91. The Morgan fingerprint density at radius 3 is 2.85 bits per heavy atom. The molecule has 0 aliphatic rings. The molecule has 5 nitrogen and oxygen atoms in total. The summed E-state index contributed by atoms with van der Waals surface area (Å²) in [7, 11) is 2.04. The number of rotatable bonds is 6. The highest BCUT2D eigenvalue weighted by atomic mass is 127. The molecule has 0 unspecified atom stereocenters. The van der Waals surface area contributed by atoms with Crippen molar-refractivity contribution < 1.29 is 4.42 Å². The molecule has 0 amide bonds. The number of nitrogens with zero attached hydrogens (tertiary/aromatic N) is 3. The zero-order chi connectivity index (χ0) is 17.6. The van der Waals surface area contributed by atoms with E-state index in [4.69, 9.17) is 9.41 Å². The Morgan fingerprint density at radius 2 is 2.15 bits per heavy atom. The highest BCUT2D eigenvalue weighted by molar-refractivity contribution is 14.0. The number of aryl methyl sites for hydroxylation is 1. The maximum atomic E-state index is 5.86. The van der Waals surface area contributed by atoms with Crippen LogP contribution in [0.4, 0.5) is 0 Å². The molecule has 140 valence electrons. The van der Waals surface area contributed by atoms with Crippen LogP contribution in [-0.4, -0.2) is 36.0 Å². The molecular weight excluding hydrogens is 459 g/mol. The second-order valence-electron chi connectivity index (χ2n) is 5.95. The number of guanidine groups is 1. The number of benzene rings is 1. The van der Waals surface area contributed by atoms with Gasteiger partial charge in [-0.2, -0.15) is 0 Å². The summed E-state index contributed by atoms with van der Waals surface area (Å²) < 4.78 is 5.86. The fraction of sp³-hybridized carbons (Fsp3) is 0.368. The number of furan rings is 1. The van der Waals surface area contributed by atoms with Crippen molar-refractivity contribution in [2.24, 2.45) is 4.99 Å². The minimum Gasteiger partial charge on any atom is -0.461 e. The van der Waals surface area contributed by atoms with Gasteiger partial charge < -0.3 is 14.6 Å². The van der Waals surface area contributed by atoms with Gasteiger partial charge in [-0.05, 0) is 26.0 Å². The first-order chi connectivity index (χ1) is 12.2. The predicted molar refractivity (Wildman–Crippen MR) is 120 cm³/mol. The van der Waals surface area contributed by atoms with Crippen LogP contribution < -0.4 is 5.32 Å². The molecule has 0 atom stereocenters. The number of halogens is 1. The number of para-hydroxylation sites is 1. The van der Waals surface area contributed by atoms with Gasteiger partial charge in [0.15, 0.2) is 5.96 Å². The second-order valence-corrected chi connectivity index (χ2v) is 7.01. The van der Waals surface area contributed by atoms with Crippen molar-refractivity contribution in [3.63, 3.8) is 0 Å². The van der Waals surface area contributed by atoms with Gasteiger partial charge in [0.05, 0.1) is 17.2 Å². The molecule has 3 aromatic rings. The van der Waals surface area contributed by atoms with E-state index >= 15 is 0 Å². The Kier molecular flexibility index (Phi) is 7.89. The summed E-state index contributed by atoms with van der Waals surface area (Å²) in [4.78, 5) is 11.4. The number of fused-ring (bicyclic) bond motifs is 1. The Bertz CT molecular complexity index is 825. The molecule has 2 heterocycles. The third kappa shape index (κ3) is 5.44. The summed E-state index contributed by atoms with van der Waals surface area (Å²) in [6.07, 6.45) is 0.785. The Balaban J connectivity index is 0.00000243. The molecule has 2 aromatic heterocycles. The van der Waals surface area contributed by atoms with Crippen molar-refractivity contribution in [3.8, 4) is 0 Å². The molecule has 0 fully saturated rings. The molecule has 26 heavy (non-hydrogen) atoms. The minimum absolute atomic E-state index is 0. The minimum atomic E-state index is 0. The standard InChI is InChI=1S/C19H24N4OS.HI/c1-4-20-19(23(3)12-16-13-25-14(2)22-16)21-10-9-17-11-15-7-5-6-8-18(15)24-17;/h5-8,11,13H,4,9-10,12H2,1-3H3,(H,20,21);1H. The van der Waals surface area contributed by atoms with Crippen LogP contribution in [0.2, 0.25) is 0 Å². The van der Waals surface area contributed by atoms with E-state index < -0.39 is 0 Å². The monoisotopic (exact) mass is 484 g/mol. The van der Waals surface area contributed by atoms with Gasteiger partial charge in [-0.15, -0.1) is 35.3 Å². The summed E-state index contributed by atoms with van der Waals surface area (Å²) in [5.41, 5.74) is 2.01. The summed E-state index contributed by atoms with van der Waals surface area (Å²) >= 11 is 1.68. The van der Waals surface area contributed by atoms with Crippen LogP contribution in [0.3, 0.4) is 0 Å². The number of hydrogen-bond acceptors (Lipinski definition) is 4. The van der Waals surface area contributed by atoms with Crippen molar-refractivity contribution >= 4 is 52.2 Å². The zero-order valence-corrected chi connectivity index (χ0v) is 18.5. The quantitative estimate of drug-likeness (QED) is 0.319. The first kappa shape index (κ1) is 20.7. The Morgan fingerprint density at radius 1 is 1.35 bits per heavy atom. The van der Waals surface area contributed by atoms with E-state index in [1.54, 1.807) is 11.3 Å². The van der Waals surface area contributed by atoms with E-state index in [1.807, 2.05) is 32.2 Å². The first-order valence-electron chi connectivity index (χ1n) is 8.53. The van der Waals surface area contributed by atoms with Gasteiger partial charge in [0.2, 0.25) is 0 Å². The zero-order valence-electron chi connectivity index (χ0n) is 15.4. The molecule has 0 aliphatic carbocycles. The van der Waals surface area contributed by atoms with Gasteiger partial charge in [-0.25, -0.2) is 4.98 Å². The largest absolute Gasteiger partial charge is 0.461 e. The lowest BCUT2D eigenvalue weighted by atomic mass is 10.2. The highest BCUT2D eigenvalue weighted by Crippen LogP contribution is 2.19. The molecule has 0 saturated carbocycles. The van der Waals surface area contributed by atoms with E-state index in [1.165, 1.54) is 0 Å². The van der Waals surface area contributed by atoms with Crippen LogP contribution in [0, 0.1) is 6.92 Å². The average Bonchev–Trinajstić information content (AvgIpc) is 3.19. The normalized spacial score (nSPS) is 11.4. The van der Waals surface area contributed by atoms with Crippen molar-refractivity contribution in [2.45, 2.75) is 26.8 Å². The van der Waals surface area contributed by atoms with Gasteiger partial charge in [-0.1, -0.05) is 18.2 Å². The smallest absolute Gasteiger partial charge is 0.194 e. The Labute approximate surface area is 175 Å². The highest BCUT2D eigenvalue weighted by Gasteiger charge is 2.09. The summed E-state index contributed by atoms with van der Waals surface area (Å²) in [5, 5.41) is 7.68. The number of aliphatic imine (C=N–C) groups is 1. The molecule has 0 saturated heterocycles. The van der Waals surface area contributed by atoms with Gasteiger partial charge in [-0.3, -0.25) is 4.99 Å². The Hall–Kier alpha value is -1.61. The van der Waals surface area contributed by atoms with Gasteiger partial charge in [0, 0.05) is 37.3 Å². The van der Waals surface area contributed by atoms with Gasteiger partial charge >= 0.3 is 0 Å². The van der Waals surface area contributed by atoms with E-state index in [9.17, 15) is 0 Å². The molecule has 3 rings (SSSR count). The molecule has 1 N–H and O–H groups in total. The lowest BCUT2D eigenvalue weighted by Crippen LogP contribution is -2.38. The van der Waals surface area contributed by atoms with Crippen LogP contribution in [-0.2, 0) is 13.0 Å². The van der Waals surface area contributed by atoms with Gasteiger partial charge in [0.25, 0.3) is 0 Å². The topological polar surface area (TPSA) is 53.7 Å². The van der Waals surface area contributed by atoms with Gasteiger partial charge in [0.1, 0.15) is 11.3 Å². The average molecular weight is 484 g/mol. The van der Waals surface area contributed by atoms with Crippen LogP contribution in [0.15, 0.2) is 45.1 Å². The van der Waals surface area contributed by atoms with Crippen molar-refractivity contribution in [3.05, 3.63) is 52.2 Å². The molecule has 1 aromatic carbocycles. The van der Waals surface area contributed by atoms with Crippen molar-refractivity contribution in [2.75, 3.05) is 20.1 Å². The molecule has 0 spiro atoms. The molecule has 0 bridgehead atoms. The van der Waals surface area contributed by atoms with Crippen molar-refractivity contribution in [1.29, 1.82) is 0 Å². The SMILES string of the molecule is CCNC(=NCCc1cc2ccccc2o1)N(C)Cc1csc(C)n1.I. The lowest BCUT2D eigenvalue weighted by Gasteiger charge is -2.21. The maximum absolute atomic E-state index is 5.86. The number of thiazole rings is 1. The molecular formula is C19H25IN4OS. The van der Waals surface area contributed by atoms with E-state index in [0.29, 0.717) is 6.54 Å². The number of aromatic nitrogens is 1. The van der Waals surface area contributed by atoms with Crippen molar-refractivity contribution in [1.82, 2.24) is 15.2 Å².